The van der Waals surface area contributed by atoms with Gasteiger partial charge >= 0.3 is 0 Å². The summed E-state index contributed by atoms with van der Waals surface area (Å²) in [5, 5.41) is 7.28. The molecule has 0 aliphatic heterocycles. The Balaban J connectivity index is 1.93. The zero-order chi connectivity index (χ0) is 27.2. The maximum atomic E-state index is 13.6. The first-order chi connectivity index (χ1) is 17.5. The van der Waals surface area contributed by atoms with Gasteiger partial charge in [-0.1, -0.05) is 33.6 Å². The Morgan fingerprint density at radius 3 is 2.54 bits per heavy atom. The molecule has 8 nitrogen and oxygen atoms in total. The average molecular weight is 550 g/mol. The first kappa shape index (κ1) is 29.4. The fraction of sp³-hybridized carbons (Fsp3) is 0.630. The SMILES string of the molecule is CCCC[C@H](N)[C@H](Cc1ccsc1)NC(=O)c1cc(N(C)CC2CC2C)nc(N(CCC)S(C)(=O)=O)c1. The van der Waals surface area contributed by atoms with Gasteiger partial charge in [-0.05, 0) is 72.0 Å². The van der Waals surface area contributed by atoms with Crippen molar-refractivity contribution in [1.82, 2.24) is 10.3 Å². The molecule has 1 fully saturated rings. The van der Waals surface area contributed by atoms with Crippen LogP contribution in [0.4, 0.5) is 11.6 Å². The molecule has 4 atom stereocenters. The van der Waals surface area contributed by atoms with Crippen molar-refractivity contribution in [3.8, 4) is 0 Å². The molecular weight excluding hydrogens is 506 g/mol. The second-order valence-electron chi connectivity index (χ2n) is 10.5. The summed E-state index contributed by atoms with van der Waals surface area (Å²) >= 11 is 1.62. The molecule has 2 heterocycles. The van der Waals surface area contributed by atoms with Gasteiger partial charge in [0, 0.05) is 37.8 Å². The van der Waals surface area contributed by atoms with Crippen LogP contribution in [0.5, 0.6) is 0 Å². The fourth-order valence-corrected chi connectivity index (χ4v) is 6.20. The predicted octanol–water partition coefficient (Wildman–Crippen LogP) is 4.27. The Morgan fingerprint density at radius 2 is 1.97 bits per heavy atom. The molecule has 1 saturated carbocycles. The number of thiophene rings is 1. The van der Waals surface area contributed by atoms with Crippen LogP contribution < -0.4 is 20.3 Å². The summed E-state index contributed by atoms with van der Waals surface area (Å²) in [4.78, 5) is 20.3. The lowest BCUT2D eigenvalue weighted by Crippen LogP contribution is -2.49. The fourth-order valence-electron chi connectivity index (χ4n) is 4.57. The predicted molar refractivity (Wildman–Crippen MR) is 154 cm³/mol. The van der Waals surface area contributed by atoms with Crippen LogP contribution in [-0.4, -0.2) is 57.8 Å². The van der Waals surface area contributed by atoms with E-state index in [2.05, 4.69) is 30.6 Å². The van der Waals surface area contributed by atoms with E-state index in [1.807, 2.05) is 24.3 Å². The first-order valence-electron chi connectivity index (χ1n) is 13.3. The number of hydrogen-bond acceptors (Lipinski definition) is 7. The third-order valence-electron chi connectivity index (χ3n) is 7.08. The zero-order valence-corrected chi connectivity index (χ0v) is 24.4. The highest BCUT2D eigenvalue weighted by Gasteiger charge is 2.34. The van der Waals surface area contributed by atoms with E-state index in [0.717, 1.165) is 31.4 Å². The van der Waals surface area contributed by atoms with Crippen LogP contribution in [0.15, 0.2) is 29.0 Å². The number of amides is 1. The van der Waals surface area contributed by atoms with Gasteiger partial charge in [0.2, 0.25) is 10.0 Å². The van der Waals surface area contributed by atoms with Crippen molar-refractivity contribution >= 4 is 38.9 Å². The molecule has 0 radical (unpaired) electrons. The summed E-state index contributed by atoms with van der Waals surface area (Å²) in [6.07, 6.45) is 6.47. The number of anilines is 2. The molecule has 1 aliphatic rings. The van der Waals surface area contributed by atoms with Crippen LogP contribution in [0, 0.1) is 11.8 Å². The van der Waals surface area contributed by atoms with E-state index < -0.39 is 10.0 Å². The van der Waals surface area contributed by atoms with Crippen LogP contribution in [0.1, 0.15) is 68.8 Å². The third kappa shape index (κ3) is 8.41. The van der Waals surface area contributed by atoms with Gasteiger partial charge in [-0.3, -0.25) is 9.10 Å². The van der Waals surface area contributed by atoms with Crippen molar-refractivity contribution in [2.24, 2.45) is 17.6 Å². The standard InChI is InChI=1S/C27H43N5O3S2/c1-6-8-9-23(28)24(14-20-10-12-36-18-20)29-27(33)21-15-25(31(4)17-22-13-19(22)3)30-26(16-21)32(11-7-2)37(5,34)35/h10,12,15-16,18-19,22-24H,6-9,11,13-14,17,28H2,1-5H3,(H,29,33)/t19?,22?,23-,24-/m0/s1. The van der Waals surface area contributed by atoms with Crippen LogP contribution in [0.2, 0.25) is 0 Å². The number of nitrogens with two attached hydrogens (primary N) is 1. The number of aromatic nitrogens is 1. The van der Waals surface area contributed by atoms with Gasteiger partial charge in [0.1, 0.15) is 11.6 Å². The molecule has 10 heteroatoms. The number of hydrogen-bond donors (Lipinski definition) is 2. The molecule has 0 spiro atoms. The molecule has 2 aromatic rings. The molecule has 3 N–H and O–H groups in total. The lowest BCUT2D eigenvalue weighted by molar-refractivity contribution is 0.0929. The van der Waals surface area contributed by atoms with Crippen molar-refractivity contribution in [2.45, 2.75) is 71.4 Å². The van der Waals surface area contributed by atoms with Crippen LogP contribution in [0.25, 0.3) is 0 Å². The summed E-state index contributed by atoms with van der Waals surface area (Å²) < 4.78 is 26.5. The summed E-state index contributed by atoms with van der Waals surface area (Å²) in [5.41, 5.74) is 8.08. The minimum atomic E-state index is -3.56. The normalized spacial score (nSPS) is 18.8. The molecule has 0 aromatic carbocycles. The van der Waals surface area contributed by atoms with Crippen molar-refractivity contribution < 1.29 is 13.2 Å². The molecule has 206 valence electrons. The quantitative estimate of drug-likeness (QED) is 0.343. The Bertz CT molecular complexity index is 1120. The summed E-state index contributed by atoms with van der Waals surface area (Å²) in [6, 6.07) is 4.98. The molecule has 3 rings (SSSR count). The Labute approximate surface area is 226 Å². The van der Waals surface area contributed by atoms with E-state index in [9.17, 15) is 13.2 Å². The number of carbonyl (C=O) groups excluding carboxylic acids is 1. The smallest absolute Gasteiger partial charge is 0.251 e. The highest BCUT2D eigenvalue weighted by atomic mass is 32.2. The monoisotopic (exact) mass is 549 g/mol. The van der Waals surface area contributed by atoms with Crippen LogP contribution in [-0.2, 0) is 16.4 Å². The van der Waals surface area contributed by atoms with E-state index in [4.69, 9.17) is 10.7 Å². The number of nitrogens with one attached hydrogen (secondary N) is 1. The Kier molecular flexibility index (Phi) is 10.4. The lowest BCUT2D eigenvalue weighted by Gasteiger charge is -2.27. The second kappa shape index (κ2) is 13.1. The van der Waals surface area contributed by atoms with Crippen molar-refractivity contribution in [2.75, 3.05) is 35.6 Å². The molecule has 0 bridgehead atoms. The maximum Gasteiger partial charge on any atom is 0.251 e. The van der Waals surface area contributed by atoms with E-state index in [1.165, 1.54) is 17.0 Å². The number of rotatable bonds is 15. The molecule has 1 amide bonds. The van der Waals surface area contributed by atoms with Crippen LogP contribution in [0.3, 0.4) is 0 Å². The summed E-state index contributed by atoms with van der Waals surface area (Å²) in [7, 11) is -1.62. The number of sulfonamides is 1. The van der Waals surface area contributed by atoms with Gasteiger partial charge in [0.05, 0.1) is 6.26 Å². The van der Waals surface area contributed by atoms with Crippen molar-refractivity contribution in [1.29, 1.82) is 0 Å². The van der Waals surface area contributed by atoms with E-state index >= 15 is 0 Å². The van der Waals surface area contributed by atoms with Crippen molar-refractivity contribution in [3.05, 3.63) is 40.1 Å². The Morgan fingerprint density at radius 1 is 1.27 bits per heavy atom. The van der Waals surface area contributed by atoms with E-state index in [0.29, 0.717) is 42.6 Å². The van der Waals surface area contributed by atoms with Gasteiger partial charge in [-0.15, -0.1) is 0 Å². The molecule has 2 aromatic heterocycles. The molecule has 0 saturated heterocycles. The minimum Gasteiger partial charge on any atom is -0.359 e. The van der Waals surface area contributed by atoms with Gasteiger partial charge in [0.15, 0.2) is 0 Å². The van der Waals surface area contributed by atoms with Crippen LogP contribution >= 0.6 is 11.3 Å². The maximum absolute atomic E-state index is 13.6. The van der Waals surface area contributed by atoms with Gasteiger partial charge in [0.25, 0.3) is 5.91 Å². The molecule has 2 unspecified atom stereocenters. The topological polar surface area (TPSA) is 109 Å². The van der Waals surface area contributed by atoms with Gasteiger partial charge in [-0.25, -0.2) is 13.4 Å². The summed E-state index contributed by atoms with van der Waals surface area (Å²) in [6.45, 7) is 7.38. The molecular formula is C27H43N5O3S2. The van der Waals surface area contributed by atoms with E-state index in [-0.39, 0.29) is 23.8 Å². The summed E-state index contributed by atoms with van der Waals surface area (Å²) in [5.74, 6) is 1.85. The minimum absolute atomic E-state index is 0.184. The van der Waals surface area contributed by atoms with Gasteiger partial charge < -0.3 is 16.0 Å². The molecule has 37 heavy (non-hydrogen) atoms. The second-order valence-corrected chi connectivity index (χ2v) is 13.2. The average Bonchev–Trinajstić information content (AvgIpc) is 3.29. The Hall–Kier alpha value is -2.17. The first-order valence-corrected chi connectivity index (χ1v) is 16.1. The number of carbonyl (C=O) groups is 1. The van der Waals surface area contributed by atoms with Gasteiger partial charge in [-0.2, -0.15) is 11.3 Å². The third-order valence-corrected chi connectivity index (χ3v) is 8.98. The highest BCUT2D eigenvalue weighted by molar-refractivity contribution is 7.92. The number of unbranched alkanes of at least 4 members (excludes halogenated alkanes) is 1. The van der Waals surface area contributed by atoms with Crippen molar-refractivity contribution in [3.63, 3.8) is 0 Å². The van der Waals surface area contributed by atoms with E-state index in [1.54, 1.807) is 23.5 Å². The molecule has 1 aliphatic carbocycles. The zero-order valence-electron chi connectivity index (χ0n) is 22.8. The number of pyridine rings is 1. The number of nitrogens with zero attached hydrogens (tertiary/aromatic N) is 3. The highest BCUT2D eigenvalue weighted by Crippen LogP contribution is 2.38. The largest absolute Gasteiger partial charge is 0.359 e. The lowest BCUT2D eigenvalue weighted by atomic mass is 9.97.